The van der Waals surface area contributed by atoms with Crippen molar-refractivity contribution in [2.45, 2.75) is 71.8 Å². The Morgan fingerprint density at radius 1 is 1.06 bits per heavy atom. The molecule has 4 fully saturated rings. The molecular weight excluding hydrogens is 196 g/mol. The number of rotatable bonds is 2. The number of aliphatic hydroxyl groups is 1. The molecule has 0 amide bonds. The Balaban J connectivity index is 1.98. The Bertz CT molecular complexity index is 291. The predicted octanol–water partition coefficient (Wildman–Crippen LogP) is 3.75. The number of hydrogen-bond acceptors (Lipinski definition) is 1. The van der Waals surface area contributed by atoms with E-state index in [9.17, 15) is 5.11 Å². The van der Waals surface area contributed by atoms with Crippen LogP contribution < -0.4 is 0 Å². The van der Waals surface area contributed by atoms with Crippen LogP contribution in [-0.4, -0.2) is 11.2 Å². The highest BCUT2D eigenvalue weighted by molar-refractivity contribution is 5.12. The fourth-order valence-corrected chi connectivity index (χ4v) is 6.34. The van der Waals surface area contributed by atoms with Crippen molar-refractivity contribution in [3.8, 4) is 0 Å². The van der Waals surface area contributed by atoms with Gasteiger partial charge in [0.2, 0.25) is 0 Å². The van der Waals surface area contributed by atoms with Crippen LogP contribution in [0.15, 0.2) is 0 Å². The zero-order chi connectivity index (χ0) is 11.6. The first-order chi connectivity index (χ1) is 7.39. The first kappa shape index (κ1) is 11.1. The summed E-state index contributed by atoms with van der Waals surface area (Å²) in [6.45, 7) is 7.10. The lowest BCUT2D eigenvalue weighted by atomic mass is 9.39. The van der Waals surface area contributed by atoms with Crippen molar-refractivity contribution in [3.05, 3.63) is 0 Å². The molecule has 92 valence electrons. The maximum absolute atomic E-state index is 10.5. The van der Waals surface area contributed by atoms with Crippen molar-refractivity contribution >= 4 is 0 Å². The van der Waals surface area contributed by atoms with Gasteiger partial charge in [0.25, 0.3) is 0 Å². The van der Waals surface area contributed by atoms with Crippen molar-refractivity contribution in [1.29, 1.82) is 0 Å². The van der Waals surface area contributed by atoms with Crippen LogP contribution in [0.2, 0.25) is 0 Å². The van der Waals surface area contributed by atoms with Gasteiger partial charge in [-0.3, -0.25) is 0 Å². The summed E-state index contributed by atoms with van der Waals surface area (Å²) >= 11 is 0. The summed E-state index contributed by atoms with van der Waals surface area (Å²) in [7, 11) is 0. The highest BCUT2D eigenvalue weighted by atomic mass is 16.3. The molecule has 4 bridgehead atoms. The van der Waals surface area contributed by atoms with Crippen LogP contribution in [0.3, 0.4) is 0 Å². The Kier molecular flexibility index (Phi) is 2.11. The molecule has 0 aromatic heterocycles. The Morgan fingerprint density at radius 2 is 1.62 bits per heavy atom. The quantitative estimate of drug-likeness (QED) is 0.754. The van der Waals surface area contributed by atoms with E-state index in [-0.39, 0.29) is 11.5 Å². The zero-order valence-electron chi connectivity index (χ0n) is 11.1. The summed E-state index contributed by atoms with van der Waals surface area (Å²) in [6, 6.07) is 0. The second-order valence-electron chi connectivity index (χ2n) is 7.92. The van der Waals surface area contributed by atoms with Crippen LogP contribution in [0.4, 0.5) is 0 Å². The zero-order valence-corrected chi connectivity index (χ0v) is 11.1. The topological polar surface area (TPSA) is 20.2 Å². The highest BCUT2D eigenvalue weighted by Gasteiger charge is 2.61. The van der Waals surface area contributed by atoms with Gasteiger partial charge in [0.1, 0.15) is 0 Å². The van der Waals surface area contributed by atoms with Gasteiger partial charge in [-0.2, -0.15) is 0 Å². The molecule has 4 aliphatic carbocycles. The molecule has 0 heterocycles. The van der Waals surface area contributed by atoms with E-state index < -0.39 is 0 Å². The molecule has 0 spiro atoms. The standard InChI is InChI=1S/C15H26O/c1-4-12(16)15-7-11-5-13(2,9-15)8-14(3,6-11)10-15/h11-12,16H,4-10H2,1-3H3. The first-order valence-corrected chi connectivity index (χ1v) is 7.07. The fraction of sp³-hybridized carbons (Fsp3) is 1.00. The highest BCUT2D eigenvalue weighted by Crippen LogP contribution is 2.70. The lowest BCUT2D eigenvalue weighted by Crippen LogP contribution is -2.58. The third-order valence-corrected chi connectivity index (χ3v) is 5.76. The van der Waals surface area contributed by atoms with Crippen LogP contribution in [0.1, 0.15) is 65.7 Å². The van der Waals surface area contributed by atoms with Gasteiger partial charge >= 0.3 is 0 Å². The average Bonchev–Trinajstić information content (AvgIpc) is 2.10. The molecule has 0 aromatic rings. The van der Waals surface area contributed by atoms with Crippen LogP contribution >= 0.6 is 0 Å². The van der Waals surface area contributed by atoms with Crippen LogP contribution in [-0.2, 0) is 0 Å². The van der Waals surface area contributed by atoms with Crippen LogP contribution in [0.5, 0.6) is 0 Å². The van der Waals surface area contributed by atoms with Gasteiger partial charge < -0.3 is 5.11 Å². The maximum Gasteiger partial charge on any atom is 0.0594 e. The third-order valence-electron chi connectivity index (χ3n) is 5.76. The van der Waals surface area contributed by atoms with E-state index in [1.54, 1.807) is 0 Å². The number of hydrogen-bond donors (Lipinski definition) is 1. The van der Waals surface area contributed by atoms with E-state index in [1.807, 2.05) is 0 Å². The van der Waals surface area contributed by atoms with Crippen LogP contribution in [0.25, 0.3) is 0 Å². The van der Waals surface area contributed by atoms with Crippen molar-refractivity contribution in [2.24, 2.45) is 22.2 Å². The molecule has 4 aliphatic rings. The van der Waals surface area contributed by atoms with Crippen molar-refractivity contribution in [3.63, 3.8) is 0 Å². The van der Waals surface area contributed by atoms with Crippen molar-refractivity contribution < 1.29 is 5.11 Å². The molecule has 0 radical (unpaired) electrons. The van der Waals surface area contributed by atoms with Gasteiger partial charge in [-0.25, -0.2) is 0 Å². The lowest BCUT2D eigenvalue weighted by Gasteiger charge is -2.66. The fourth-order valence-electron chi connectivity index (χ4n) is 6.34. The van der Waals surface area contributed by atoms with Crippen molar-refractivity contribution in [1.82, 2.24) is 0 Å². The van der Waals surface area contributed by atoms with Gasteiger partial charge in [0.15, 0.2) is 0 Å². The maximum atomic E-state index is 10.5. The molecule has 4 saturated carbocycles. The van der Waals surface area contributed by atoms with Gasteiger partial charge in [-0.1, -0.05) is 20.8 Å². The van der Waals surface area contributed by atoms with E-state index in [1.165, 1.54) is 38.5 Å². The Labute approximate surface area is 99.6 Å². The summed E-state index contributed by atoms with van der Waals surface area (Å²) in [5, 5.41) is 10.5. The molecule has 16 heavy (non-hydrogen) atoms. The summed E-state index contributed by atoms with van der Waals surface area (Å²) in [6.07, 6.45) is 9.07. The minimum absolute atomic E-state index is 0.0467. The van der Waals surface area contributed by atoms with Gasteiger partial charge in [-0.05, 0) is 67.1 Å². The minimum Gasteiger partial charge on any atom is -0.393 e. The summed E-state index contributed by atoms with van der Waals surface area (Å²) in [5.41, 5.74) is 1.38. The molecule has 0 aliphatic heterocycles. The lowest BCUT2D eigenvalue weighted by molar-refractivity contribution is -0.185. The van der Waals surface area contributed by atoms with Crippen molar-refractivity contribution in [2.75, 3.05) is 0 Å². The Hall–Kier alpha value is -0.0400. The molecule has 3 unspecified atom stereocenters. The SMILES string of the molecule is CCC(O)C12CC3CC(C)(CC(C)(C3)C1)C2. The van der Waals surface area contributed by atoms with Crippen LogP contribution in [0, 0.1) is 22.2 Å². The second-order valence-corrected chi connectivity index (χ2v) is 7.92. The molecule has 0 saturated heterocycles. The summed E-state index contributed by atoms with van der Waals surface area (Å²) < 4.78 is 0. The largest absolute Gasteiger partial charge is 0.393 e. The van der Waals surface area contributed by atoms with E-state index in [2.05, 4.69) is 20.8 Å². The molecule has 1 heteroatoms. The molecule has 4 rings (SSSR count). The van der Waals surface area contributed by atoms with E-state index >= 15 is 0 Å². The van der Waals surface area contributed by atoms with E-state index in [0.717, 1.165) is 12.3 Å². The van der Waals surface area contributed by atoms with E-state index in [0.29, 0.717) is 10.8 Å². The summed E-state index contributed by atoms with van der Waals surface area (Å²) in [4.78, 5) is 0. The number of aliphatic hydroxyl groups excluding tert-OH is 1. The normalized spacial score (nSPS) is 56.6. The first-order valence-electron chi connectivity index (χ1n) is 7.07. The minimum atomic E-state index is -0.0467. The van der Waals surface area contributed by atoms with Gasteiger partial charge in [0, 0.05) is 0 Å². The molecule has 0 aromatic carbocycles. The molecule has 1 nitrogen and oxygen atoms in total. The van der Waals surface area contributed by atoms with Gasteiger partial charge in [-0.15, -0.1) is 0 Å². The molecule has 3 atom stereocenters. The Morgan fingerprint density at radius 3 is 2.06 bits per heavy atom. The third kappa shape index (κ3) is 1.40. The van der Waals surface area contributed by atoms with Gasteiger partial charge in [0.05, 0.1) is 6.10 Å². The second kappa shape index (κ2) is 3.04. The molecule has 1 N–H and O–H groups in total. The average molecular weight is 222 g/mol. The molecular formula is C15H26O. The monoisotopic (exact) mass is 222 g/mol. The van der Waals surface area contributed by atoms with E-state index in [4.69, 9.17) is 0 Å². The predicted molar refractivity (Wildman–Crippen MR) is 66.1 cm³/mol. The summed E-state index contributed by atoms with van der Waals surface area (Å²) in [5.74, 6) is 0.910. The smallest absolute Gasteiger partial charge is 0.0594 e.